The van der Waals surface area contributed by atoms with Gasteiger partial charge in [-0.1, -0.05) is 48.5 Å². The number of hydrogen-bond donors (Lipinski definition) is 1. The van der Waals surface area contributed by atoms with Crippen molar-refractivity contribution in [2.45, 2.75) is 24.2 Å². The molecule has 0 spiro atoms. The van der Waals surface area contributed by atoms with Crippen molar-refractivity contribution in [1.29, 1.82) is 0 Å². The number of anilines is 1. The van der Waals surface area contributed by atoms with Gasteiger partial charge in [-0.2, -0.15) is 4.31 Å². The van der Waals surface area contributed by atoms with Crippen LogP contribution < -0.4 is 5.32 Å². The lowest BCUT2D eigenvalue weighted by atomic mass is 9.98. The zero-order valence-corrected chi connectivity index (χ0v) is 18.4. The SMILES string of the molecule is O=C(Nc1ccccc1Cc1ccccc1)C1CCCN(S(=O)(=O)c2ccc(F)cc2)C1. The molecule has 166 valence electrons. The molecule has 1 atom stereocenters. The average Bonchev–Trinajstić information content (AvgIpc) is 2.81. The second kappa shape index (κ2) is 9.63. The fourth-order valence-electron chi connectivity index (χ4n) is 3.98. The minimum absolute atomic E-state index is 0.0353. The molecule has 0 radical (unpaired) electrons. The van der Waals surface area contributed by atoms with E-state index in [1.54, 1.807) is 0 Å². The number of halogens is 1. The first-order valence-corrected chi connectivity index (χ1v) is 12.1. The molecule has 0 aromatic heterocycles. The molecule has 1 aliphatic heterocycles. The van der Waals surface area contributed by atoms with Crippen LogP contribution in [0.25, 0.3) is 0 Å². The smallest absolute Gasteiger partial charge is 0.243 e. The number of nitrogens with zero attached hydrogens (tertiary/aromatic N) is 1. The normalized spacial score (nSPS) is 17.1. The number of hydrogen-bond acceptors (Lipinski definition) is 3. The van der Waals surface area contributed by atoms with Crippen LogP contribution in [-0.4, -0.2) is 31.7 Å². The van der Waals surface area contributed by atoms with Crippen LogP contribution in [0.15, 0.2) is 83.8 Å². The molecule has 3 aromatic carbocycles. The molecule has 0 saturated carbocycles. The summed E-state index contributed by atoms with van der Waals surface area (Å²) < 4.78 is 40.4. The van der Waals surface area contributed by atoms with Gasteiger partial charge in [0.05, 0.1) is 10.8 Å². The summed E-state index contributed by atoms with van der Waals surface area (Å²) >= 11 is 0. The summed E-state index contributed by atoms with van der Waals surface area (Å²) in [4.78, 5) is 13.1. The summed E-state index contributed by atoms with van der Waals surface area (Å²) in [6, 6.07) is 22.4. The summed E-state index contributed by atoms with van der Waals surface area (Å²) in [5.41, 5.74) is 2.88. The Hall–Kier alpha value is -3.03. The maximum absolute atomic E-state index is 13.2. The Morgan fingerprint density at radius 2 is 1.66 bits per heavy atom. The Morgan fingerprint density at radius 1 is 0.969 bits per heavy atom. The predicted octanol–water partition coefficient (Wildman–Crippen LogP) is 4.46. The van der Waals surface area contributed by atoms with Gasteiger partial charge in [0.2, 0.25) is 15.9 Å². The van der Waals surface area contributed by atoms with Crippen molar-refractivity contribution in [3.8, 4) is 0 Å². The van der Waals surface area contributed by atoms with E-state index in [2.05, 4.69) is 5.32 Å². The van der Waals surface area contributed by atoms with E-state index in [0.29, 0.717) is 25.8 Å². The van der Waals surface area contributed by atoms with E-state index in [-0.39, 0.29) is 17.3 Å². The molecule has 32 heavy (non-hydrogen) atoms. The lowest BCUT2D eigenvalue weighted by Crippen LogP contribution is -2.43. The fourth-order valence-corrected chi connectivity index (χ4v) is 5.50. The van der Waals surface area contributed by atoms with Crippen molar-refractivity contribution < 1.29 is 17.6 Å². The summed E-state index contributed by atoms with van der Waals surface area (Å²) in [6.07, 6.45) is 1.89. The first-order valence-electron chi connectivity index (χ1n) is 10.6. The standard InChI is InChI=1S/C25H25FN2O3S/c26-22-12-14-23(15-13-22)32(30,31)28-16-6-10-21(18-28)25(29)27-24-11-5-4-9-20(24)17-19-7-2-1-3-8-19/h1-5,7-9,11-15,21H,6,10,16-18H2,(H,27,29). The molecule has 1 unspecified atom stereocenters. The van der Waals surface area contributed by atoms with Crippen molar-refractivity contribution >= 4 is 21.6 Å². The monoisotopic (exact) mass is 452 g/mol. The molecule has 0 bridgehead atoms. The Bertz CT molecular complexity index is 1180. The maximum Gasteiger partial charge on any atom is 0.243 e. The number of sulfonamides is 1. The van der Waals surface area contributed by atoms with Crippen LogP contribution in [0.2, 0.25) is 0 Å². The van der Waals surface area contributed by atoms with Crippen LogP contribution in [0.4, 0.5) is 10.1 Å². The number of piperidine rings is 1. The molecule has 3 aromatic rings. The molecular weight excluding hydrogens is 427 g/mol. The molecule has 1 aliphatic rings. The van der Waals surface area contributed by atoms with Crippen LogP contribution >= 0.6 is 0 Å². The highest BCUT2D eigenvalue weighted by molar-refractivity contribution is 7.89. The molecule has 1 heterocycles. The van der Waals surface area contributed by atoms with Crippen LogP contribution in [0.5, 0.6) is 0 Å². The lowest BCUT2D eigenvalue weighted by molar-refractivity contribution is -0.120. The average molecular weight is 453 g/mol. The van der Waals surface area contributed by atoms with Gasteiger partial charge in [0, 0.05) is 18.8 Å². The molecule has 1 saturated heterocycles. The fraction of sp³-hybridized carbons (Fsp3) is 0.240. The molecule has 5 nitrogen and oxygen atoms in total. The Balaban J connectivity index is 1.47. The van der Waals surface area contributed by atoms with Gasteiger partial charge in [-0.25, -0.2) is 12.8 Å². The minimum atomic E-state index is -3.78. The molecular formula is C25H25FN2O3S. The molecule has 0 aliphatic carbocycles. The van der Waals surface area contributed by atoms with Gasteiger partial charge in [-0.05, 0) is 60.7 Å². The van der Waals surface area contributed by atoms with E-state index in [4.69, 9.17) is 0 Å². The third-order valence-corrected chi connectivity index (χ3v) is 7.60. The van der Waals surface area contributed by atoms with Gasteiger partial charge in [0.25, 0.3) is 0 Å². The Labute approximate surface area is 187 Å². The second-order valence-corrected chi connectivity index (χ2v) is 9.90. The van der Waals surface area contributed by atoms with E-state index < -0.39 is 21.8 Å². The van der Waals surface area contributed by atoms with Crippen molar-refractivity contribution in [2.24, 2.45) is 5.92 Å². The largest absolute Gasteiger partial charge is 0.326 e. The number of nitrogens with one attached hydrogen (secondary N) is 1. The van der Waals surface area contributed by atoms with Crippen LogP contribution in [0, 0.1) is 11.7 Å². The number of para-hydroxylation sites is 1. The Morgan fingerprint density at radius 3 is 2.41 bits per heavy atom. The van der Waals surface area contributed by atoms with Gasteiger partial charge in [0.15, 0.2) is 0 Å². The van der Waals surface area contributed by atoms with Crippen LogP contribution in [0.3, 0.4) is 0 Å². The van der Waals surface area contributed by atoms with E-state index in [0.717, 1.165) is 28.9 Å². The number of carbonyl (C=O) groups is 1. The zero-order chi connectivity index (χ0) is 22.6. The maximum atomic E-state index is 13.2. The van der Waals surface area contributed by atoms with E-state index in [1.807, 2.05) is 54.6 Å². The van der Waals surface area contributed by atoms with E-state index in [1.165, 1.54) is 16.4 Å². The number of benzene rings is 3. The minimum Gasteiger partial charge on any atom is -0.326 e. The van der Waals surface area contributed by atoms with E-state index in [9.17, 15) is 17.6 Å². The van der Waals surface area contributed by atoms with Gasteiger partial charge in [-0.3, -0.25) is 4.79 Å². The number of rotatable bonds is 6. The highest BCUT2D eigenvalue weighted by Crippen LogP contribution is 2.26. The molecule has 1 fully saturated rings. The second-order valence-electron chi connectivity index (χ2n) is 7.96. The highest BCUT2D eigenvalue weighted by Gasteiger charge is 2.33. The van der Waals surface area contributed by atoms with Gasteiger partial charge in [-0.15, -0.1) is 0 Å². The van der Waals surface area contributed by atoms with Crippen molar-refractivity contribution in [1.82, 2.24) is 4.31 Å². The van der Waals surface area contributed by atoms with Crippen LogP contribution in [0.1, 0.15) is 24.0 Å². The quantitative estimate of drug-likeness (QED) is 0.601. The van der Waals surface area contributed by atoms with E-state index >= 15 is 0 Å². The molecule has 4 rings (SSSR count). The summed E-state index contributed by atoms with van der Waals surface area (Å²) in [5.74, 6) is -1.14. The number of carbonyl (C=O) groups excluding carboxylic acids is 1. The molecule has 1 N–H and O–H groups in total. The lowest BCUT2D eigenvalue weighted by Gasteiger charge is -2.31. The van der Waals surface area contributed by atoms with Gasteiger partial charge >= 0.3 is 0 Å². The number of amides is 1. The summed E-state index contributed by atoms with van der Waals surface area (Å²) in [7, 11) is -3.78. The molecule has 1 amide bonds. The summed E-state index contributed by atoms with van der Waals surface area (Å²) in [5, 5.41) is 3.01. The highest BCUT2D eigenvalue weighted by atomic mass is 32.2. The zero-order valence-electron chi connectivity index (χ0n) is 17.6. The topological polar surface area (TPSA) is 66.5 Å². The van der Waals surface area contributed by atoms with Crippen molar-refractivity contribution in [3.05, 3.63) is 95.8 Å². The first-order chi connectivity index (χ1) is 15.4. The van der Waals surface area contributed by atoms with Crippen molar-refractivity contribution in [3.63, 3.8) is 0 Å². The predicted molar refractivity (Wildman–Crippen MR) is 122 cm³/mol. The molecule has 7 heteroatoms. The third-order valence-electron chi connectivity index (χ3n) is 5.72. The summed E-state index contributed by atoms with van der Waals surface area (Å²) in [6.45, 7) is 0.445. The Kier molecular flexibility index (Phi) is 6.67. The van der Waals surface area contributed by atoms with Crippen LogP contribution in [-0.2, 0) is 21.2 Å². The van der Waals surface area contributed by atoms with Crippen molar-refractivity contribution in [2.75, 3.05) is 18.4 Å². The van der Waals surface area contributed by atoms with Gasteiger partial charge in [0.1, 0.15) is 5.82 Å². The third kappa shape index (κ3) is 5.06. The first kappa shape index (κ1) is 22.2. The van der Waals surface area contributed by atoms with Gasteiger partial charge < -0.3 is 5.32 Å².